The first kappa shape index (κ1) is 17.2. The third kappa shape index (κ3) is 6.08. The normalized spacial score (nSPS) is 11.9. The number of nitrogens with zero attached hydrogens (tertiary/aromatic N) is 2. The summed E-state index contributed by atoms with van der Waals surface area (Å²) in [5, 5.41) is 3.92. The van der Waals surface area contributed by atoms with Gasteiger partial charge in [-0.05, 0) is 11.8 Å². The molecule has 0 aliphatic heterocycles. The van der Waals surface area contributed by atoms with E-state index in [1.165, 1.54) is 25.7 Å². The van der Waals surface area contributed by atoms with Crippen LogP contribution in [0.5, 0.6) is 0 Å². The van der Waals surface area contributed by atoms with E-state index in [0.29, 0.717) is 5.15 Å². The molecule has 1 N–H and O–H groups in total. The van der Waals surface area contributed by atoms with Crippen molar-refractivity contribution in [1.29, 1.82) is 0 Å². The van der Waals surface area contributed by atoms with Crippen LogP contribution in [0.1, 0.15) is 72.0 Å². The fourth-order valence-corrected chi connectivity index (χ4v) is 2.25. The van der Waals surface area contributed by atoms with Crippen LogP contribution in [0.3, 0.4) is 0 Å². The Morgan fingerprint density at radius 3 is 2.55 bits per heavy atom. The molecule has 0 radical (unpaired) electrons. The molecule has 0 amide bonds. The van der Waals surface area contributed by atoms with Crippen molar-refractivity contribution in [2.45, 2.75) is 66.2 Å². The van der Waals surface area contributed by atoms with E-state index in [0.717, 1.165) is 18.2 Å². The molecule has 4 heteroatoms. The molecule has 0 unspecified atom stereocenters. The lowest BCUT2D eigenvalue weighted by atomic mass is 9.87. The predicted octanol–water partition coefficient (Wildman–Crippen LogP) is 5.27. The molecule has 0 aromatic carbocycles. The van der Waals surface area contributed by atoms with E-state index in [1.807, 2.05) is 0 Å². The Morgan fingerprint density at radius 1 is 1.25 bits per heavy atom. The number of nitrogens with one attached hydrogen (secondary N) is 1. The lowest BCUT2D eigenvalue weighted by Crippen LogP contribution is -2.23. The summed E-state index contributed by atoms with van der Waals surface area (Å²) in [5.41, 5.74) is 0.268. The van der Waals surface area contributed by atoms with Gasteiger partial charge in [-0.2, -0.15) is 0 Å². The Morgan fingerprint density at radius 2 is 1.95 bits per heavy atom. The van der Waals surface area contributed by atoms with Gasteiger partial charge in [0.25, 0.3) is 0 Å². The third-order valence-electron chi connectivity index (χ3n) is 3.43. The SMILES string of the molecule is CCCCCC(C)(C)CNc1cc(Cl)nc(C(C)C)n1. The Bertz CT molecular complexity index is 416. The van der Waals surface area contributed by atoms with Gasteiger partial charge < -0.3 is 5.32 Å². The molecule has 0 aliphatic carbocycles. The van der Waals surface area contributed by atoms with Crippen LogP contribution < -0.4 is 5.32 Å². The van der Waals surface area contributed by atoms with Crippen molar-refractivity contribution in [3.8, 4) is 0 Å². The number of hydrogen-bond acceptors (Lipinski definition) is 3. The maximum Gasteiger partial charge on any atom is 0.135 e. The summed E-state index contributed by atoms with van der Waals surface area (Å²) >= 11 is 6.06. The highest BCUT2D eigenvalue weighted by molar-refractivity contribution is 6.29. The number of unbranched alkanes of at least 4 members (excludes halogenated alkanes) is 2. The zero-order valence-electron chi connectivity index (χ0n) is 13.5. The number of aromatic nitrogens is 2. The molecule has 0 bridgehead atoms. The second-order valence-corrected chi connectivity index (χ2v) is 6.95. The van der Waals surface area contributed by atoms with Crippen LogP contribution in [0, 0.1) is 5.41 Å². The maximum atomic E-state index is 6.06. The molecule has 1 rings (SSSR count). The first-order valence-corrected chi connectivity index (χ1v) is 8.00. The maximum absolute atomic E-state index is 6.06. The summed E-state index contributed by atoms with van der Waals surface area (Å²) in [7, 11) is 0. The van der Waals surface area contributed by atoms with Crippen LogP contribution in [0.2, 0.25) is 5.15 Å². The minimum absolute atomic E-state index is 0.268. The quantitative estimate of drug-likeness (QED) is 0.524. The third-order valence-corrected chi connectivity index (χ3v) is 3.63. The van der Waals surface area contributed by atoms with Gasteiger partial charge in [0.15, 0.2) is 0 Å². The van der Waals surface area contributed by atoms with Crippen LogP contribution in [-0.2, 0) is 0 Å². The van der Waals surface area contributed by atoms with E-state index in [-0.39, 0.29) is 11.3 Å². The van der Waals surface area contributed by atoms with Crippen LogP contribution in [-0.4, -0.2) is 16.5 Å². The molecule has 20 heavy (non-hydrogen) atoms. The van der Waals surface area contributed by atoms with E-state index in [9.17, 15) is 0 Å². The van der Waals surface area contributed by atoms with Crippen molar-refractivity contribution in [2.24, 2.45) is 5.41 Å². The molecule has 0 atom stereocenters. The number of hydrogen-bond donors (Lipinski definition) is 1. The molecule has 114 valence electrons. The van der Waals surface area contributed by atoms with Gasteiger partial charge in [0.05, 0.1) is 0 Å². The predicted molar refractivity (Wildman–Crippen MR) is 87.5 cm³/mol. The molecule has 0 saturated carbocycles. The molecule has 0 fully saturated rings. The van der Waals surface area contributed by atoms with Crippen molar-refractivity contribution in [3.63, 3.8) is 0 Å². The molecule has 0 saturated heterocycles. The smallest absolute Gasteiger partial charge is 0.135 e. The van der Waals surface area contributed by atoms with Crippen LogP contribution in [0.15, 0.2) is 6.07 Å². The number of rotatable bonds is 8. The fourth-order valence-electron chi connectivity index (χ4n) is 2.06. The second-order valence-electron chi connectivity index (χ2n) is 6.56. The van der Waals surface area contributed by atoms with Crippen LogP contribution in [0.25, 0.3) is 0 Å². The zero-order valence-corrected chi connectivity index (χ0v) is 14.2. The van der Waals surface area contributed by atoms with Gasteiger partial charge in [-0.15, -0.1) is 0 Å². The molecule has 0 aliphatic rings. The largest absolute Gasteiger partial charge is 0.369 e. The fraction of sp³-hybridized carbons (Fsp3) is 0.750. The molecule has 1 aromatic heterocycles. The minimum atomic E-state index is 0.268. The molecular formula is C16H28ClN3. The number of anilines is 1. The monoisotopic (exact) mass is 297 g/mol. The average Bonchev–Trinajstić information content (AvgIpc) is 2.36. The van der Waals surface area contributed by atoms with Gasteiger partial charge >= 0.3 is 0 Å². The van der Waals surface area contributed by atoms with Crippen molar-refractivity contribution < 1.29 is 0 Å². The van der Waals surface area contributed by atoms with Crippen LogP contribution in [0.4, 0.5) is 5.82 Å². The average molecular weight is 298 g/mol. The topological polar surface area (TPSA) is 37.8 Å². The van der Waals surface area contributed by atoms with Gasteiger partial charge in [-0.1, -0.05) is 65.5 Å². The van der Waals surface area contributed by atoms with Crippen LogP contribution >= 0.6 is 11.6 Å². The highest BCUT2D eigenvalue weighted by Gasteiger charge is 2.17. The first-order chi connectivity index (χ1) is 9.34. The molecule has 1 heterocycles. The Labute approximate surface area is 128 Å². The minimum Gasteiger partial charge on any atom is -0.369 e. The van der Waals surface area contributed by atoms with Crippen molar-refractivity contribution >= 4 is 17.4 Å². The highest BCUT2D eigenvalue weighted by Crippen LogP contribution is 2.25. The second kappa shape index (κ2) is 7.82. The van der Waals surface area contributed by atoms with Crippen molar-refractivity contribution in [1.82, 2.24) is 9.97 Å². The van der Waals surface area contributed by atoms with Crippen molar-refractivity contribution in [3.05, 3.63) is 17.0 Å². The molecule has 3 nitrogen and oxygen atoms in total. The molecular weight excluding hydrogens is 270 g/mol. The summed E-state index contributed by atoms with van der Waals surface area (Å²) < 4.78 is 0. The summed E-state index contributed by atoms with van der Waals surface area (Å²) in [6.07, 6.45) is 5.08. The van der Waals surface area contributed by atoms with Gasteiger partial charge in [0, 0.05) is 18.5 Å². The summed E-state index contributed by atoms with van der Waals surface area (Å²) in [6, 6.07) is 1.80. The summed E-state index contributed by atoms with van der Waals surface area (Å²) in [6.45, 7) is 11.9. The Hall–Kier alpha value is -0.830. The summed E-state index contributed by atoms with van der Waals surface area (Å²) in [5.74, 6) is 1.91. The summed E-state index contributed by atoms with van der Waals surface area (Å²) in [4.78, 5) is 8.78. The lowest BCUT2D eigenvalue weighted by molar-refractivity contribution is 0.342. The Kier molecular flexibility index (Phi) is 6.74. The standard InChI is InChI=1S/C16H28ClN3/c1-6-7-8-9-16(4,5)11-18-14-10-13(17)19-15(20-14)12(2)3/h10,12H,6-9,11H2,1-5H3,(H,18,19,20). The van der Waals surface area contributed by atoms with E-state index in [1.54, 1.807) is 6.07 Å². The van der Waals surface area contributed by atoms with Gasteiger partial charge in [-0.3, -0.25) is 0 Å². The Balaban J connectivity index is 2.60. The van der Waals surface area contributed by atoms with Gasteiger partial charge in [-0.25, -0.2) is 9.97 Å². The lowest BCUT2D eigenvalue weighted by Gasteiger charge is -2.25. The van der Waals surface area contributed by atoms with Gasteiger partial charge in [0.1, 0.15) is 16.8 Å². The van der Waals surface area contributed by atoms with E-state index in [2.05, 4.69) is 49.9 Å². The number of halogens is 1. The molecule has 0 spiro atoms. The van der Waals surface area contributed by atoms with Crippen molar-refractivity contribution in [2.75, 3.05) is 11.9 Å². The van der Waals surface area contributed by atoms with E-state index >= 15 is 0 Å². The highest BCUT2D eigenvalue weighted by atomic mass is 35.5. The first-order valence-electron chi connectivity index (χ1n) is 7.62. The van der Waals surface area contributed by atoms with Gasteiger partial charge in [0.2, 0.25) is 0 Å². The van der Waals surface area contributed by atoms with E-state index in [4.69, 9.17) is 11.6 Å². The zero-order chi connectivity index (χ0) is 15.2. The van der Waals surface area contributed by atoms with E-state index < -0.39 is 0 Å². The molecule has 1 aromatic rings.